The number of aliphatic hydroxyl groups is 1. The van der Waals surface area contributed by atoms with Crippen molar-refractivity contribution >= 4 is 5.78 Å². The Labute approximate surface area is 150 Å². The molecule has 0 aromatic carbocycles. The van der Waals surface area contributed by atoms with Crippen molar-refractivity contribution < 1.29 is 14.6 Å². The van der Waals surface area contributed by atoms with E-state index in [1.165, 1.54) is 11.1 Å². The largest absolute Gasteiger partial charge is 0.499 e. The number of fused-ring (bicyclic) bond motifs is 5. The van der Waals surface area contributed by atoms with Crippen molar-refractivity contribution in [2.45, 2.75) is 64.4 Å². The summed E-state index contributed by atoms with van der Waals surface area (Å²) in [6.45, 7) is 8.57. The highest BCUT2D eigenvalue weighted by atomic mass is 16.5. The van der Waals surface area contributed by atoms with Gasteiger partial charge in [0.2, 0.25) is 0 Å². The quantitative estimate of drug-likeness (QED) is 0.600. The molecule has 0 unspecified atom stereocenters. The van der Waals surface area contributed by atoms with Crippen LogP contribution in [0.2, 0.25) is 0 Å². The number of ether oxygens (including phenoxy) is 1. The number of carbonyl (C=O) groups is 1. The fourth-order valence-corrected chi connectivity index (χ4v) is 6.50. The molecule has 0 bridgehead atoms. The number of carbonyl (C=O) groups excluding carboxylic acids is 1. The van der Waals surface area contributed by atoms with Crippen LogP contribution in [0.1, 0.15) is 58.8 Å². The average Bonchev–Trinajstić information content (AvgIpc) is 2.87. The smallest absolute Gasteiger partial charge is 0.155 e. The summed E-state index contributed by atoms with van der Waals surface area (Å²) < 4.78 is 5.39. The van der Waals surface area contributed by atoms with Crippen LogP contribution in [0, 0.1) is 22.7 Å². The van der Waals surface area contributed by atoms with Gasteiger partial charge in [0.15, 0.2) is 5.78 Å². The lowest BCUT2D eigenvalue weighted by atomic mass is 9.50. The van der Waals surface area contributed by atoms with Crippen LogP contribution in [-0.2, 0) is 9.53 Å². The second kappa shape index (κ2) is 5.33. The summed E-state index contributed by atoms with van der Waals surface area (Å²) >= 11 is 0. The Morgan fingerprint density at radius 1 is 1.28 bits per heavy atom. The van der Waals surface area contributed by atoms with Crippen molar-refractivity contribution in [1.29, 1.82) is 0 Å². The van der Waals surface area contributed by atoms with Gasteiger partial charge in [0.25, 0.3) is 0 Å². The normalized spacial score (nSPS) is 45.7. The molecule has 0 aromatic rings. The van der Waals surface area contributed by atoms with Crippen molar-refractivity contribution in [1.82, 2.24) is 0 Å². The van der Waals surface area contributed by atoms with E-state index in [0.717, 1.165) is 38.5 Å². The fourth-order valence-electron chi connectivity index (χ4n) is 6.50. The van der Waals surface area contributed by atoms with Crippen LogP contribution < -0.4 is 0 Å². The van der Waals surface area contributed by atoms with Gasteiger partial charge in [-0.2, -0.15) is 0 Å². The second-order valence-corrected chi connectivity index (χ2v) is 9.03. The van der Waals surface area contributed by atoms with Gasteiger partial charge in [-0.25, -0.2) is 0 Å². The first-order chi connectivity index (χ1) is 11.8. The Bertz CT molecular complexity index is 702. The highest BCUT2D eigenvalue weighted by molar-refractivity contribution is 5.92. The predicted molar refractivity (Wildman–Crippen MR) is 97.8 cm³/mol. The first kappa shape index (κ1) is 17.1. The summed E-state index contributed by atoms with van der Waals surface area (Å²) in [4.78, 5) is 11.9. The SMILES string of the molecule is C=C(OC)[C@@]1(O)CC[C@@H]2[C@@H]3CCC4=CC(=O)CC[C@]4(C)C3=CC[C@]21C. The van der Waals surface area contributed by atoms with Gasteiger partial charge in [-0.15, -0.1) is 0 Å². The maximum Gasteiger partial charge on any atom is 0.155 e. The molecular formula is C22H30O3. The predicted octanol–water partition coefficient (Wildman–Crippen LogP) is 4.33. The molecule has 4 aliphatic rings. The molecule has 0 heterocycles. The maximum atomic E-state index is 11.9. The first-order valence-electron chi connectivity index (χ1n) is 9.66. The lowest BCUT2D eigenvalue weighted by Crippen LogP contribution is -2.51. The van der Waals surface area contributed by atoms with Crippen LogP contribution in [-0.4, -0.2) is 23.6 Å². The van der Waals surface area contributed by atoms with Gasteiger partial charge >= 0.3 is 0 Å². The summed E-state index contributed by atoms with van der Waals surface area (Å²) in [6.07, 6.45) is 10.6. The molecule has 25 heavy (non-hydrogen) atoms. The second-order valence-electron chi connectivity index (χ2n) is 9.03. The zero-order valence-corrected chi connectivity index (χ0v) is 15.7. The van der Waals surface area contributed by atoms with Gasteiger partial charge < -0.3 is 9.84 Å². The molecule has 0 radical (unpaired) electrons. The van der Waals surface area contributed by atoms with E-state index in [9.17, 15) is 9.90 Å². The molecule has 0 aliphatic heterocycles. The topological polar surface area (TPSA) is 46.5 Å². The van der Waals surface area contributed by atoms with Gasteiger partial charge in [-0.1, -0.05) is 37.6 Å². The molecule has 2 fully saturated rings. The van der Waals surface area contributed by atoms with Gasteiger partial charge in [-0.05, 0) is 56.4 Å². The van der Waals surface area contributed by atoms with Gasteiger partial charge in [0.1, 0.15) is 11.4 Å². The van der Waals surface area contributed by atoms with Gasteiger partial charge in [-0.3, -0.25) is 4.79 Å². The van der Waals surface area contributed by atoms with Crippen LogP contribution in [0.25, 0.3) is 0 Å². The molecule has 0 saturated heterocycles. The van der Waals surface area contributed by atoms with E-state index >= 15 is 0 Å². The zero-order valence-electron chi connectivity index (χ0n) is 15.7. The van der Waals surface area contributed by atoms with E-state index < -0.39 is 5.60 Å². The Hall–Kier alpha value is -1.35. The molecule has 4 rings (SSSR count). The summed E-state index contributed by atoms with van der Waals surface area (Å²) in [5.74, 6) is 1.77. The van der Waals surface area contributed by atoms with Crippen molar-refractivity contribution in [2.24, 2.45) is 22.7 Å². The van der Waals surface area contributed by atoms with E-state index in [4.69, 9.17) is 4.74 Å². The molecule has 0 spiro atoms. The molecule has 0 amide bonds. The van der Waals surface area contributed by atoms with E-state index in [1.54, 1.807) is 7.11 Å². The number of rotatable bonds is 2. The van der Waals surface area contributed by atoms with E-state index in [0.29, 0.717) is 29.8 Å². The highest BCUT2D eigenvalue weighted by Crippen LogP contribution is 2.66. The number of allylic oxidation sites excluding steroid dienone is 4. The molecule has 136 valence electrons. The minimum atomic E-state index is -0.937. The first-order valence-corrected chi connectivity index (χ1v) is 9.66. The minimum Gasteiger partial charge on any atom is -0.499 e. The fraction of sp³-hybridized carbons (Fsp3) is 0.682. The minimum absolute atomic E-state index is 0.0527. The molecule has 0 aromatic heterocycles. The summed E-state index contributed by atoms with van der Waals surface area (Å²) in [5.41, 5.74) is 1.78. The average molecular weight is 342 g/mol. The van der Waals surface area contributed by atoms with Crippen LogP contribution in [0.15, 0.2) is 35.6 Å². The lowest BCUT2D eigenvalue weighted by Gasteiger charge is -2.54. The number of hydrogen-bond acceptors (Lipinski definition) is 3. The van der Waals surface area contributed by atoms with Crippen LogP contribution in [0.4, 0.5) is 0 Å². The number of methoxy groups -OCH3 is 1. The number of ketones is 1. The third kappa shape index (κ3) is 2.05. The summed E-state index contributed by atoms with van der Waals surface area (Å²) in [7, 11) is 1.61. The monoisotopic (exact) mass is 342 g/mol. The van der Waals surface area contributed by atoms with Crippen molar-refractivity contribution in [3.8, 4) is 0 Å². The van der Waals surface area contributed by atoms with Gasteiger partial charge in [0, 0.05) is 17.3 Å². The molecule has 5 atom stereocenters. The van der Waals surface area contributed by atoms with Crippen molar-refractivity contribution in [3.63, 3.8) is 0 Å². The maximum absolute atomic E-state index is 11.9. The lowest BCUT2D eigenvalue weighted by molar-refractivity contribution is -0.115. The highest BCUT2D eigenvalue weighted by Gasteiger charge is 2.63. The Kier molecular flexibility index (Phi) is 3.64. The number of hydrogen-bond donors (Lipinski definition) is 1. The molecule has 1 N–H and O–H groups in total. The third-order valence-corrected chi connectivity index (χ3v) is 8.20. The van der Waals surface area contributed by atoms with E-state index in [-0.39, 0.29) is 10.8 Å². The van der Waals surface area contributed by atoms with Crippen LogP contribution in [0.5, 0.6) is 0 Å². The Morgan fingerprint density at radius 2 is 2.04 bits per heavy atom. The van der Waals surface area contributed by atoms with Crippen molar-refractivity contribution in [2.75, 3.05) is 7.11 Å². The Balaban J connectivity index is 1.75. The molecule has 3 nitrogen and oxygen atoms in total. The molecule has 4 aliphatic carbocycles. The van der Waals surface area contributed by atoms with Crippen LogP contribution in [0.3, 0.4) is 0 Å². The van der Waals surface area contributed by atoms with E-state index in [1.807, 2.05) is 6.08 Å². The van der Waals surface area contributed by atoms with Gasteiger partial charge in [0.05, 0.1) is 7.11 Å². The molecular weight excluding hydrogens is 312 g/mol. The Morgan fingerprint density at radius 3 is 2.76 bits per heavy atom. The van der Waals surface area contributed by atoms with Crippen molar-refractivity contribution in [3.05, 3.63) is 35.6 Å². The zero-order chi connectivity index (χ0) is 18.0. The third-order valence-electron chi connectivity index (χ3n) is 8.20. The molecule has 2 saturated carbocycles. The molecule has 3 heteroatoms. The van der Waals surface area contributed by atoms with E-state index in [2.05, 4.69) is 26.5 Å². The summed E-state index contributed by atoms with van der Waals surface area (Å²) in [6, 6.07) is 0. The standard InChI is InChI=1S/C22H30O3/c1-14(25-4)22(24)12-9-19-17-6-5-15-13-16(23)7-10-20(15,2)18(17)8-11-21(19,22)3/h8,13,17,19,24H,1,5-7,9-12H2,2-4H3/t17-,19-,20+,21-,22+/m1/s1. The van der Waals surface area contributed by atoms with Crippen LogP contribution >= 0.6 is 0 Å². The summed E-state index contributed by atoms with van der Waals surface area (Å²) in [5, 5.41) is 11.4.